The number of amides is 2. The van der Waals surface area contributed by atoms with Gasteiger partial charge >= 0.3 is 0 Å². The lowest BCUT2D eigenvalue weighted by atomic mass is 10.0. The van der Waals surface area contributed by atoms with E-state index in [1.54, 1.807) is 4.90 Å². The van der Waals surface area contributed by atoms with Crippen LogP contribution in [0.5, 0.6) is 0 Å². The number of halogens is 1. The number of rotatable bonds is 11. The Balaban J connectivity index is 1.90. The molecular formula is C30H35BrN2O2. The highest BCUT2D eigenvalue weighted by molar-refractivity contribution is 9.10. The molecule has 0 spiro atoms. The van der Waals surface area contributed by atoms with E-state index in [1.165, 1.54) is 5.56 Å². The minimum Gasteiger partial charge on any atom is -0.352 e. The molecule has 0 aliphatic carbocycles. The number of hydrogen-bond acceptors (Lipinski definition) is 2. The second kappa shape index (κ2) is 13.2. The molecule has 0 saturated carbocycles. The van der Waals surface area contributed by atoms with Gasteiger partial charge in [0.25, 0.3) is 0 Å². The molecule has 0 aliphatic rings. The molecular weight excluding hydrogens is 500 g/mol. The summed E-state index contributed by atoms with van der Waals surface area (Å²) in [7, 11) is 0. The Morgan fingerprint density at radius 2 is 1.60 bits per heavy atom. The molecule has 3 rings (SSSR count). The molecule has 0 fully saturated rings. The lowest BCUT2D eigenvalue weighted by molar-refractivity contribution is -0.141. The molecule has 0 aromatic heterocycles. The summed E-state index contributed by atoms with van der Waals surface area (Å²) in [5.41, 5.74) is 4.33. The van der Waals surface area contributed by atoms with Crippen LogP contribution in [0, 0.1) is 6.92 Å². The highest BCUT2D eigenvalue weighted by atomic mass is 79.9. The number of benzene rings is 3. The first kappa shape index (κ1) is 26.7. The SMILES string of the molecule is CC[C@@H](C)NC(=O)[C@@H](Cc1ccccc1)N(Cc1cccc(Br)c1)C(=O)CCc1ccc(C)cc1. The van der Waals surface area contributed by atoms with Crippen molar-refractivity contribution >= 4 is 27.7 Å². The van der Waals surface area contributed by atoms with E-state index in [4.69, 9.17) is 0 Å². The zero-order chi connectivity index (χ0) is 25.2. The minimum absolute atomic E-state index is 0.0224. The number of nitrogens with zero attached hydrogens (tertiary/aromatic N) is 1. The average Bonchev–Trinajstić information content (AvgIpc) is 2.86. The van der Waals surface area contributed by atoms with E-state index in [2.05, 4.69) is 52.4 Å². The van der Waals surface area contributed by atoms with E-state index in [-0.39, 0.29) is 17.9 Å². The first-order valence-electron chi connectivity index (χ1n) is 12.3. The van der Waals surface area contributed by atoms with Gasteiger partial charge in [0.2, 0.25) is 11.8 Å². The van der Waals surface area contributed by atoms with E-state index >= 15 is 0 Å². The standard InChI is InChI=1S/C30H35BrN2O2/c1-4-23(3)32-30(35)28(20-25-9-6-5-7-10-25)33(21-26-11-8-12-27(31)19-26)29(34)18-17-24-15-13-22(2)14-16-24/h5-16,19,23,28H,4,17-18,20-21H2,1-3H3,(H,32,35)/t23-,28-/m1/s1. The summed E-state index contributed by atoms with van der Waals surface area (Å²) in [6.07, 6.45) is 2.28. The van der Waals surface area contributed by atoms with Crippen molar-refractivity contribution in [2.75, 3.05) is 0 Å². The zero-order valence-corrected chi connectivity index (χ0v) is 22.4. The maximum Gasteiger partial charge on any atom is 0.243 e. The van der Waals surface area contributed by atoms with Gasteiger partial charge in [-0.3, -0.25) is 9.59 Å². The Kier molecular flexibility index (Phi) is 10.1. The molecule has 2 atom stereocenters. The smallest absolute Gasteiger partial charge is 0.243 e. The van der Waals surface area contributed by atoms with Crippen molar-refractivity contribution < 1.29 is 9.59 Å². The van der Waals surface area contributed by atoms with E-state index in [0.29, 0.717) is 25.8 Å². The number of aryl methyl sites for hydroxylation is 2. The molecule has 0 unspecified atom stereocenters. The van der Waals surface area contributed by atoms with Crippen LogP contribution < -0.4 is 5.32 Å². The third kappa shape index (κ3) is 8.36. The van der Waals surface area contributed by atoms with Crippen molar-refractivity contribution in [3.63, 3.8) is 0 Å². The summed E-state index contributed by atoms with van der Waals surface area (Å²) in [6, 6.07) is 25.6. The molecule has 0 radical (unpaired) electrons. The highest BCUT2D eigenvalue weighted by Crippen LogP contribution is 2.19. The molecule has 35 heavy (non-hydrogen) atoms. The minimum atomic E-state index is -0.601. The van der Waals surface area contributed by atoms with Crippen LogP contribution in [0.25, 0.3) is 0 Å². The first-order chi connectivity index (χ1) is 16.9. The van der Waals surface area contributed by atoms with Crippen molar-refractivity contribution in [1.82, 2.24) is 10.2 Å². The van der Waals surface area contributed by atoms with Gasteiger partial charge in [-0.2, -0.15) is 0 Å². The largest absolute Gasteiger partial charge is 0.352 e. The zero-order valence-electron chi connectivity index (χ0n) is 20.8. The van der Waals surface area contributed by atoms with Crippen LogP contribution in [0.4, 0.5) is 0 Å². The summed E-state index contributed by atoms with van der Waals surface area (Å²) in [4.78, 5) is 29.0. The summed E-state index contributed by atoms with van der Waals surface area (Å²) >= 11 is 3.54. The number of nitrogens with one attached hydrogen (secondary N) is 1. The van der Waals surface area contributed by atoms with Crippen LogP contribution in [-0.2, 0) is 29.0 Å². The number of carbonyl (C=O) groups excluding carboxylic acids is 2. The van der Waals surface area contributed by atoms with Gasteiger partial charge < -0.3 is 10.2 Å². The molecule has 4 nitrogen and oxygen atoms in total. The van der Waals surface area contributed by atoms with Crippen LogP contribution in [0.1, 0.15) is 48.9 Å². The maximum atomic E-state index is 13.7. The van der Waals surface area contributed by atoms with Gasteiger partial charge in [0, 0.05) is 29.9 Å². The third-order valence-corrected chi connectivity index (χ3v) is 6.76. The Bertz CT molecular complexity index is 1100. The fourth-order valence-electron chi connectivity index (χ4n) is 3.98. The Morgan fingerprint density at radius 1 is 0.914 bits per heavy atom. The van der Waals surface area contributed by atoms with Crippen molar-refractivity contribution in [2.45, 2.75) is 65.1 Å². The Hall–Kier alpha value is -2.92. The maximum absolute atomic E-state index is 13.7. The first-order valence-corrected chi connectivity index (χ1v) is 13.1. The van der Waals surface area contributed by atoms with Gasteiger partial charge in [0.15, 0.2) is 0 Å². The van der Waals surface area contributed by atoms with E-state index in [9.17, 15) is 9.59 Å². The fourth-order valence-corrected chi connectivity index (χ4v) is 4.42. The molecule has 2 amide bonds. The van der Waals surface area contributed by atoms with Crippen molar-refractivity contribution in [3.05, 3.63) is 106 Å². The molecule has 0 aliphatic heterocycles. The number of hydrogen-bond donors (Lipinski definition) is 1. The van der Waals surface area contributed by atoms with Gasteiger partial charge in [0.05, 0.1) is 0 Å². The molecule has 1 N–H and O–H groups in total. The van der Waals surface area contributed by atoms with Gasteiger partial charge in [-0.15, -0.1) is 0 Å². The average molecular weight is 536 g/mol. The Labute approximate surface area is 217 Å². The fraction of sp³-hybridized carbons (Fsp3) is 0.333. The third-order valence-electron chi connectivity index (χ3n) is 6.26. The predicted octanol–water partition coefficient (Wildman–Crippen LogP) is 6.24. The van der Waals surface area contributed by atoms with Crippen molar-refractivity contribution in [2.24, 2.45) is 0 Å². The van der Waals surface area contributed by atoms with Gasteiger partial charge in [-0.05, 0) is 55.5 Å². The normalized spacial score (nSPS) is 12.6. The quantitative estimate of drug-likeness (QED) is 0.316. The van der Waals surface area contributed by atoms with Crippen molar-refractivity contribution in [3.8, 4) is 0 Å². The molecule has 0 saturated heterocycles. The predicted molar refractivity (Wildman–Crippen MR) is 146 cm³/mol. The van der Waals surface area contributed by atoms with Gasteiger partial charge in [0.1, 0.15) is 6.04 Å². The van der Waals surface area contributed by atoms with Crippen LogP contribution in [0.3, 0.4) is 0 Å². The summed E-state index contributed by atoms with van der Waals surface area (Å²) in [5, 5.41) is 3.12. The van der Waals surface area contributed by atoms with Crippen molar-refractivity contribution in [1.29, 1.82) is 0 Å². The topological polar surface area (TPSA) is 49.4 Å². The highest BCUT2D eigenvalue weighted by Gasteiger charge is 2.30. The van der Waals surface area contributed by atoms with Crippen LogP contribution in [0.15, 0.2) is 83.3 Å². The summed E-state index contributed by atoms with van der Waals surface area (Å²) in [6.45, 7) is 6.47. The molecule has 184 valence electrons. The lowest BCUT2D eigenvalue weighted by Gasteiger charge is -2.32. The van der Waals surface area contributed by atoms with Crippen LogP contribution in [-0.4, -0.2) is 28.8 Å². The van der Waals surface area contributed by atoms with E-state index in [1.807, 2.05) is 68.4 Å². The van der Waals surface area contributed by atoms with Crippen LogP contribution >= 0.6 is 15.9 Å². The molecule has 0 heterocycles. The van der Waals surface area contributed by atoms with Crippen LogP contribution in [0.2, 0.25) is 0 Å². The summed E-state index contributed by atoms with van der Waals surface area (Å²) < 4.78 is 0.950. The van der Waals surface area contributed by atoms with E-state index in [0.717, 1.165) is 27.6 Å². The molecule has 3 aromatic carbocycles. The van der Waals surface area contributed by atoms with Gasteiger partial charge in [-0.1, -0.05) is 95.1 Å². The van der Waals surface area contributed by atoms with E-state index < -0.39 is 6.04 Å². The molecule has 5 heteroatoms. The Morgan fingerprint density at radius 3 is 2.26 bits per heavy atom. The second-order valence-corrected chi connectivity index (χ2v) is 10.1. The molecule has 3 aromatic rings. The number of carbonyl (C=O) groups is 2. The van der Waals surface area contributed by atoms with Gasteiger partial charge in [-0.25, -0.2) is 0 Å². The summed E-state index contributed by atoms with van der Waals surface area (Å²) in [5.74, 6) is -0.132. The second-order valence-electron chi connectivity index (χ2n) is 9.16. The lowest BCUT2D eigenvalue weighted by Crippen LogP contribution is -2.52. The molecule has 0 bridgehead atoms. The monoisotopic (exact) mass is 534 g/mol.